The Morgan fingerprint density at radius 1 is 0.215 bits per heavy atom. The summed E-state index contributed by atoms with van der Waals surface area (Å²) in [7, 11) is 0. The molecule has 4 nitrogen and oxygen atoms in total. The van der Waals surface area contributed by atoms with Crippen LogP contribution in [-0.4, -0.2) is 15.0 Å². The van der Waals surface area contributed by atoms with Gasteiger partial charge in [-0.25, -0.2) is 15.0 Å². The molecule has 0 aliphatic heterocycles. The fourth-order valence-corrected chi connectivity index (χ4v) is 9.19. The highest BCUT2D eigenvalue weighted by molar-refractivity contribution is 6.09. The molecule has 2 heterocycles. The number of nitrogens with zero attached hydrogens (tertiary/aromatic N) is 3. The Hall–Kier alpha value is -8.73. The Kier molecular flexibility index (Phi) is 9.46. The third-order valence-corrected chi connectivity index (χ3v) is 12.4. The first-order valence-corrected chi connectivity index (χ1v) is 21.9. The van der Waals surface area contributed by atoms with Crippen LogP contribution in [0.25, 0.3) is 123 Å². The highest BCUT2D eigenvalue weighted by atomic mass is 16.3. The summed E-state index contributed by atoms with van der Waals surface area (Å²) in [5, 5.41) is 4.70. The molecule has 0 spiro atoms. The summed E-state index contributed by atoms with van der Waals surface area (Å²) in [5.41, 5.74) is 15.9. The molecule has 0 amide bonds. The zero-order valence-corrected chi connectivity index (χ0v) is 35.3. The molecule has 0 radical (unpaired) electrons. The van der Waals surface area contributed by atoms with Gasteiger partial charge >= 0.3 is 0 Å². The minimum atomic E-state index is 0.617. The first kappa shape index (κ1) is 38.0. The number of hydrogen-bond acceptors (Lipinski definition) is 4. The van der Waals surface area contributed by atoms with Gasteiger partial charge in [-0.1, -0.05) is 218 Å². The standard InChI is InChI=1S/C61H39N3O/c1-3-15-42(16-4-1)47-19-7-11-24-54(47)60-62-59(63-61(64-60)55-25-12-8-20-48(55)43-17-5-2-6-18-43)45-33-29-41(30-34-45)40-27-31-44(32-28-40)49-36-37-50(52-22-10-9-21-51(49)52)46-35-38-58-56(39-46)53-23-13-14-26-57(53)65-58/h1-39H. The minimum Gasteiger partial charge on any atom is -0.456 e. The number of hydrogen-bond donors (Lipinski definition) is 0. The first-order chi connectivity index (χ1) is 32.2. The van der Waals surface area contributed by atoms with E-state index in [-0.39, 0.29) is 0 Å². The van der Waals surface area contributed by atoms with Crippen molar-refractivity contribution in [2.75, 3.05) is 0 Å². The van der Waals surface area contributed by atoms with Crippen molar-refractivity contribution in [3.8, 4) is 89.8 Å². The lowest BCUT2D eigenvalue weighted by Crippen LogP contribution is -2.02. The van der Waals surface area contributed by atoms with Gasteiger partial charge in [-0.15, -0.1) is 0 Å². The monoisotopic (exact) mass is 829 g/mol. The lowest BCUT2D eigenvalue weighted by molar-refractivity contribution is 0.669. The molecule has 304 valence electrons. The van der Waals surface area contributed by atoms with Gasteiger partial charge in [0.2, 0.25) is 0 Å². The zero-order chi connectivity index (χ0) is 43.1. The summed E-state index contributed by atoms with van der Waals surface area (Å²) in [5.74, 6) is 1.87. The van der Waals surface area contributed by atoms with Gasteiger partial charge in [0, 0.05) is 27.5 Å². The SMILES string of the molecule is c1ccc(-c2ccccc2-c2nc(-c3ccc(-c4ccc(-c5ccc(-c6ccc7oc8ccccc8c7c6)c6ccccc56)cc4)cc3)nc(-c3ccccc3-c3ccccc3)n2)cc1. The van der Waals surface area contributed by atoms with E-state index in [9.17, 15) is 0 Å². The van der Waals surface area contributed by atoms with Crippen LogP contribution in [-0.2, 0) is 0 Å². The Bertz CT molecular complexity index is 3590. The predicted molar refractivity (Wildman–Crippen MR) is 268 cm³/mol. The molecule has 2 aromatic heterocycles. The molecule has 0 aliphatic carbocycles. The molecule has 4 heteroatoms. The summed E-state index contributed by atoms with van der Waals surface area (Å²) in [6.45, 7) is 0. The Balaban J connectivity index is 0.891. The second-order valence-corrected chi connectivity index (χ2v) is 16.3. The number of furan rings is 1. The molecule has 0 fully saturated rings. The van der Waals surface area contributed by atoms with E-state index in [0.29, 0.717) is 17.5 Å². The quantitative estimate of drug-likeness (QED) is 0.153. The van der Waals surface area contributed by atoms with Crippen molar-refractivity contribution in [1.82, 2.24) is 15.0 Å². The largest absolute Gasteiger partial charge is 0.456 e. The van der Waals surface area contributed by atoms with Crippen LogP contribution in [0.2, 0.25) is 0 Å². The van der Waals surface area contributed by atoms with Gasteiger partial charge in [0.15, 0.2) is 17.5 Å². The second-order valence-electron chi connectivity index (χ2n) is 16.3. The number of para-hydroxylation sites is 1. The van der Waals surface area contributed by atoms with Gasteiger partial charge in [-0.3, -0.25) is 0 Å². The third-order valence-electron chi connectivity index (χ3n) is 12.4. The van der Waals surface area contributed by atoms with Crippen LogP contribution < -0.4 is 0 Å². The molecule has 10 aromatic carbocycles. The molecular formula is C61H39N3O. The molecule has 12 rings (SSSR count). The molecule has 0 saturated heterocycles. The van der Waals surface area contributed by atoms with Crippen LogP contribution in [0, 0.1) is 0 Å². The maximum absolute atomic E-state index is 6.14. The third kappa shape index (κ3) is 7.04. The number of fused-ring (bicyclic) bond motifs is 4. The van der Waals surface area contributed by atoms with Crippen LogP contribution in [0.4, 0.5) is 0 Å². The minimum absolute atomic E-state index is 0.617. The van der Waals surface area contributed by atoms with E-state index < -0.39 is 0 Å². The van der Waals surface area contributed by atoms with E-state index in [2.05, 4.69) is 200 Å². The number of benzene rings is 10. The molecule has 0 bridgehead atoms. The molecule has 0 saturated carbocycles. The summed E-state index contributed by atoms with van der Waals surface area (Å²) >= 11 is 0. The highest BCUT2D eigenvalue weighted by Gasteiger charge is 2.18. The molecular weight excluding hydrogens is 791 g/mol. The van der Waals surface area contributed by atoms with Gasteiger partial charge < -0.3 is 4.42 Å². The predicted octanol–water partition coefficient (Wildman–Crippen LogP) is 16.3. The van der Waals surface area contributed by atoms with Crippen LogP contribution in [0.5, 0.6) is 0 Å². The summed E-state index contributed by atoms with van der Waals surface area (Å²) in [6.07, 6.45) is 0. The number of rotatable bonds is 8. The van der Waals surface area contributed by atoms with Gasteiger partial charge in [0.1, 0.15) is 11.2 Å². The fourth-order valence-electron chi connectivity index (χ4n) is 9.19. The number of aromatic nitrogens is 3. The van der Waals surface area contributed by atoms with E-state index in [1.807, 2.05) is 36.4 Å². The van der Waals surface area contributed by atoms with E-state index in [1.165, 1.54) is 33.0 Å². The Morgan fingerprint density at radius 3 is 1.17 bits per heavy atom. The summed E-state index contributed by atoms with van der Waals surface area (Å²) < 4.78 is 6.14. The van der Waals surface area contributed by atoms with E-state index >= 15 is 0 Å². The molecule has 0 unspecified atom stereocenters. The van der Waals surface area contributed by atoms with Crippen molar-refractivity contribution in [3.05, 3.63) is 237 Å². The van der Waals surface area contributed by atoms with Crippen molar-refractivity contribution in [1.29, 1.82) is 0 Å². The van der Waals surface area contributed by atoms with Crippen molar-refractivity contribution in [2.45, 2.75) is 0 Å². The average molecular weight is 830 g/mol. The van der Waals surface area contributed by atoms with Gasteiger partial charge in [0.25, 0.3) is 0 Å². The molecule has 65 heavy (non-hydrogen) atoms. The van der Waals surface area contributed by atoms with Crippen LogP contribution in [0.1, 0.15) is 0 Å². The van der Waals surface area contributed by atoms with Crippen LogP contribution in [0.15, 0.2) is 241 Å². The van der Waals surface area contributed by atoms with Crippen molar-refractivity contribution < 1.29 is 4.42 Å². The molecule has 0 atom stereocenters. The van der Waals surface area contributed by atoms with Crippen molar-refractivity contribution >= 4 is 32.7 Å². The Labute approximate surface area is 376 Å². The second kappa shape index (κ2) is 16.2. The topological polar surface area (TPSA) is 51.8 Å². The lowest BCUT2D eigenvalue weighted by atomic mass is 9.91. The van der Waals surface area contributed by atoms with Crippen LogP contribution in [0.3, 0.4) is 0 Å². The first-order valence-electron chi connectivity index (χ1n) is 21.9. The normalized spacial score (nSPS) is 11.4. The molecule has 0 N–H and O–H groups in total. The van der Waals surface area contributed by atoms with Crippen LogP contribution >= 0.6 is 0 Å². The van der Waals surface area contributed by atoms with Gasteiger partial charge in [-0.2, -0.15) is 0 Å². The molecule has 12 aromatic rings. The maximum Gasteiger partial charge on any atom is 0.164 e. The van der Waals surface area contributed by atoms with Gasteiger partial charge in [0.05, 0.1) is 0 Å². The van der Waals surface area contributed by atoms with E-state index in [4.69, 9.17) is 19.4 Å². The smallest absolute Gasteiger partial charge is 0.164 e. The lowest BCUT2D eigenvalue weighted by Gasteiger charge is -2.14. The van der Waals surface area contributed by atoms with E-state index in [0.717, 1.165) is 72.0 Å². The summed E-state index contributed by atoms with van der Waals surface area (Å²) in [6, 6.07) is 82.9. The highest BCUT2D eigenvalue weighted by Crippen LogP contribution is 2.40. The molecule has 0 aliphatic rings. The fraction of sp³-hybridized carbons (Fsp3) is 0. The zero-order valence-electron chi connectivity index (χ0n) is 35.3. The maximum atomic E-state index is 6.14. The van der Waals surface area contributed by atoms with Crippen molar-refractivity contribution in [2.24, 2.45) is 0 Å². The Morgan fingerprint density at radius 2 is 0.600 bits per heavy atom. The van der Waals surface area contributed by atoms with Gasteiger partial charge in [-0.05, 0) is 84.6 Å². The van der Waals surface area contributed by atoms with E-state index in [1.54, 1.807) is 0 Å². The summed E-state index contributed by atoms with van der Waals surface area (Å²) in [4.78, 5) is 15.6. The van der Waals surface area contributed by atoms with Crippen molar-refractivity contribution in [3.63, 3.8) is 0 Å². The average Bonchev–Trinajstić information content (AvgIpc) is 3.77.